The minimum atomic E-state index is -0.568. The van der Waals surface area contributed by atoms with E-state index < -0.39 is 5.82 Å². The van der Waals surface area contributed by atoms with Crippen LogP contribution in [0.15, 0.2) is 6.07 Å². The topological polar surface area (TPSA) is 38.9 Å². The largest absolute Gasteiger partial charge is 0.330 e. The van der Waals surface area contributed by atoms with Crippen molar-refractivity contribution in [3.63, 3.8) is 0 Å². The molecular weight excluding hydrogens is 214 g/mol. The van der Waals surface area contributed by atoms with Gasteiger partial charge in [-0.2, -0.15) is 0 Å². The second-order valence-electron chi connectivity index (χ2n) is 2.78. The van der Waals surface area contributed by atoms with Crippen molar-refractivity contribution in [2.24, 2.45) is 5.73 Å². The van der Waals surface area contributed by atoms with E-state index in [1.807, 2.05) is 6.92 Å². The lowest BCUT2D eigenvalue weighted by molar-refractivity contribution is 0.614. The Morgan fingerprint density at radius 3 is 2.69 bits per heavy atom. The van der Waals surface area contributed by atoms with Crippen molar-refractivity contribution < 1.29 is 4.39 Å². The summed E-state index contributed by atoms with van der Waals surface area (Å²) in [6, 6.07) is 1.27. The first-order valence-electron chi connectivity index (χ1n) is 3.77. The molecule has 0 aliphatic carbocycles. The molecule has 1 atom stereocenters. The molecule has 0 saturated carbocycles. The molecule has 0 amide bonds. The third-order valence-electron chi connectivity index (χ3n) is 1.80. The zero-order chi connectivity index (χ0) is 10.0. The lowest BCUT2D eigenvalue weighted by Gasteiger charge is -2.10. The predicted octanol–water partition coefficient (Wildman–Crippen LogP) is 2.59. The van der Waals surface area contributed by atoms with Crippen molar-refractivity contribution in [3.05, 3.63) is 27.8 Å². The normalized spacial score (nSPS) is 13.0. The highest BCUT2D eigenvalue weighted by Gasteiger charge is 2.13. The van der Waals surface area contributed by atoms with Crippen molar-refractivity contribution in [3.8, 4) is 0 Å². The zero-order valence-electron chi connectivity index (χ0n) is 7.02. The summed E-state index contributed by atoms with van der Waals surface area (Å²) >= 11 is 11.2. The van der Waals surface area contributed by atoms with Crippen LogP contribution in [0.4, 0.5) is 4.39 Å². The van der Waals surface area contributed by atoms with Gasteiger partial charge in [-0.1, -0.05) is 30.1 Å². The van der Waals surface area contributed by atoms with E-state index in [1.54, 1.807) is 0 Å². The maximum absolute atomic E-state index is 13.0. The number of hydrogen-bond acceptors (Lipinski definition) is 2. The highest BCUT2D eigenvalue weighted by atomic mass is 35.5. The van der Waals surface area contributed by atoms with Crippen molar-refractivity contribution in [1.82, 2.24) is 4.98 Å². The molecule has 72 valence electrons. The fraction of sp³-hybridized carbons (Fsp3) is 0.375. The lowest BCUT2D eigenvalue weighted by atomic mass is 10.0. The third-order valence-corrected chi connectivity index (χ3v) is 2.37. The predicted molar refractivity (Wildman–Crippen MR) is 51.7 cm³/mol. The van der Waals surface area contributed by atoms with Gasteiger partial charge in [0.25, 0.3) is 0 Å². The van der Waals surface area contributed by atoms with Crippen molar-refractivity contribution >= 4 is 23.2 Å². The fourth-order valence-corrected chi connectivity index (χ4v) is 1.44. The smallest absolute Gasteiger partial charge is 0.166 e. The highest BCUT2D eigenvalue weighted by molar-refractivity contribution is 6.33. The first-order chi connectivity index (χ1) is 6.06. The summed E-state index contributed by atoms with van der Waals surface area (Å²) in [6.07, 6.45) is 0. The van der Waals surface area contributed by atoms with Crippen LogP contribution in [0, 0.1) is 5.82 Å². The molecule has 13 heavy (non-hydrogen) atoms. The average Bonchev–Trinajstić information content (AvgIpc) is 2.10. The molecule has 0 bridgehead atoms. The van der Waals surface area contributed by atoms with Gasteiger partial charge in [0.1, 0.15) is 5.15 Å². The van der Waals surface area contributed by atoms with Gasteiger partial charge in [-0.15, -0.1) is 0 Å². The van der Waals surface area contributed by atoms with E-state index in [0.717, 1.165) is 0 Å². The average molecular weight is 223 g/mol. The molecule has 5 heteroatoms. The molecule has 0 radical (unpaired) electrons. The van der Waals surface area contributed by atoms with E-state index in [4.69, 9.17) is 28.9 Å². The number of halogens is 3. The molecule has 1 heterocycles. The second kappa shape index (κ2) is 4.22. The van der Waals surface area contributed by atoms with Gasteiger partial charge >= 0.3 is 0 Å². The standard InChI is InChI=1S/C8H9Cl2FN2/c1-4(3-12)5-2-6(11)8(10)13-7(5)9/h2,4H,3,12H2,1H3. The first-order valence-corrected chi connectivity index (χ1v) is 4.53. The number of nitrogens with two attached hydrogens (primary N) is 1. The molecule has 0 saturated heterocycles. The summed E-state index contributed by atoms with van der Waals surface area (Å²) in [5.74, 6) is -0.590. The van der Waals surface area contributed by atoms with Crippen LogP contribution >= 0.6 is 23.2 Å². The van der Waals surface area contributed by atoms with E-state index in [2.05, 4.69) is 4.98 Å². The van der Waals surface area contributed by atoms with Gasteiger partial charge < -0.3 is 5.73 Å². The quantitative estimate of drug-likeness (QED) is 0.782. The number of hydrogen-bond donors (Lipinski definition) is 1. The molecular formula is C8H9Cl2FN2. The van der Waals surface area contributed by atoms with Crippen LogP contribution < -0.4 is 5.73 Å². The number of pyridine rings is 1. The van der Waals surface area contributed by atoms with Crippen LogP contribution in [0.1, 0.15) is 18.4 Å². The molecule has 0 aliphatic rings. The fourth-order valence-electron chi connectivity index (χ4n) is 0.932. The second-order valence-corrected chi connectivity index (χ2v) is 3.49. The monoisotopic (exact) mass is 222 g/mol. The minimum absolute atomic E-state index is 0.0215. The Balaban J connectivity index is 3.15. The molecule has 0 spiro atoms. The Hall–Kier alpha value is -0.380. The molecule has 2 N–H and O–H groups in total. The Kier molecular flexibility index (Phi) is 3.47. The Labute approximate surface area is 85.9 Å². The lowest BCUT2D eigenvalue weighted by Crippen LogP contribution is -2.10. The van der Waals surface area contributed by atoms with Gasteiger partial charge in [-0.25, -0.2) is 9.37 Å². The van der Waals surface area contributed by atoms with Crippen molar-refractivity contribution in [1.29, 1.82) is 0 Å². The summed E-state index contributed by atoms with van der Waals surface area (Å²) in [5, 5.41) is 0.00215. The Bertz CT molecular complexity index is 317. The SMILES string of the molecule is CC(CN)c1cc(F)c(Cl)nc1Cl. The van der Waals surface area contributed by atoms with E-state index in [9.17, 15) is 4.39 Å². The van der Waals surface area contributed by atoms with Gasteiger partial charge in [0.05, 0.1) is 0 Å². The minimum Gasteiger partial charge on any atom is -0.330 e. The maximum atomic E-state index is 13.0. The van der Waals surface area contributed by atoms with Crippen LogP contribution in [0.2, 0.25) is 10.3 Å². The Morgan fingerprint density at radius 2 is 2.15 bits per heavy atom. The summed E-state index contributed by atoms with van der Waals surface area (Å²) in [7, 11) is 0. The molecule has 1 rings (SSSR count). The molecule has 0 aromatic carbocycles. The summed E-state index contributed by atoms with van der Waals surface area (Å²) in [5.41, 5.74) is 6.01. The third kappa shape index (κ3) is 2.30. The van der Waals surface area contributed by atoms with Gasteiger partial charge in [-0.3, -0.25) is 0 Å². The number of nitrogens with zero attached hydrogens (tertiary/aromatic N) is 1. The van der Waals surface area contributed by atoms with Crippen molar-refractivity contribution in [2.75, 3.05) is 6.54 Å². The van der Waals surface area contributed by atoms with Crippen LogP contribution in [0.3, 0.4) is 0 Å². The number of aromatic nitrogens is 1. The highest BCUT2D eigenvalue weighted by Crippen LogP contribution is 2.25. The number of rotatable bonds is 2. The molecule has 1 aromatic heterocycles. The molecule has 2 nitrogen and oxygen atoms in total. The van der Waals surface area contributed by atoms with E-state index in [-0.39, 0.29) is 16.2 Å². The van der Waals surface area contributed by atoms with E-state index >= 15 is 0 Å². The van der Waals surface area contributed by atoms with Crippen LogP contribution in [-0.2, 0) is 0 Å². The van der Waals surface area contributed by atoms with Gasteiger partial charge in [-0.05, 0) is 24.1 Å². The van der Waals surface area contributed by atoms with Gasteiger partial charge in [0.2, 0.25) is 0 Å². The van der Waals surface area contributed by atoms with Crippen LogP contribution in [0.25, 0.3) is 0 Å². The van der Waals surface area contributed by atoms with Gasteiger partial charge in [0, 0.05) is 0 Å². The molecule has 1 aromatic rings. The maximum Gasteiger partial charge on any atom is 0.166 e. The van der Waals surface area contributed by atoms with Gasteiger partial charge in [0.15, 0.2) is 11.0 Å². The zero-order valence-corrected chi connectivity index (χ0v) is 8.53. The van der Waals surface area contributed by atoms with E-state index in [1.165, 1.54) is 6.07 Å². The van der Waals surface area contributed by atoms with Crippen molar-refractivity contribution in [2.45, 2.75) is 12.8 Å². The summed E-state index contributed by atoms with van der Waals surface area (Å²) in [6.45, 7) is 2.23. The summed E-state index contributed by atoms with van der Waals surface area (Å²) < 4.78 is 13.0. The Morgan fingerprint density at radius 1 is 1.54 bits per heavy atom. The molecule has 1 unspecified atom stereocenters. The molecule has 0 fully saturated rings. The van der Waals surface area contributed by atoms with Crippen LogP contribution in [-0.4, -0.2) is 11.5 Å². The first kappa shape index (κ1) is 10.7. The van der Waals surface area contributed by atoms with E-state index in [0.29, 0.717) is 12.1 Å². The van der Waals surface area contributed by atoms with Crippen LogP contribution in [0.5, 0.6) is 0 Å². The molecule has 0 aliphatic heterocycles. The summed E-state index contributed by atoms with van der Waals surface area (Å²) in [4.78, 5) is 3.64.